The van der Waals surface area contributed by atoms with Crippen molar-refractivity contribution in [3.05, 3.63) is 119 Å². The van der Waals surface area contributed by atoms with Gasteiger partial charge >= 0.3 is 0 Å². The Bertz CT molecular complexity index is 764. The fourth-order valence-corrected chi connectivity index (χ4v) is 4.17. The van der Waals surface area contributed by atoms with Gasteiger partial charge < -0.3 is 5.32 Å². The Hall–Kier alpha value is -2.78. The maximum atomic E-state index is 11.2. The number of hydrogen-bond donors (Lipinski definition) is 1. The number of hydrogen-bond acceptors (Lipinski definition) is 2. The van der Waals surface area contributed by atoms with Gasteiger partial charge in [-0.15, -0.1) is 11.8 Å². The molecular formula is C23H21NOS. The van der Waals surface area contributed by atoms with Gasteiger partial charge in [-0.2, -0.15) is 0 Å². The van der Waals surface area contributed by atoms with Crippen LogP contribution in [0.4, 0.5) is 0 Å². The fraction of sp³-hybridized carbons (Fsp3) is 0.0870. The van der Waals surface area contributed by atoms with Crippen molar-refractivity contribution in [3.8, 4) is 0 Å². The molecular weight excluding hydrogens is 338 g/mol. The Morgan fingerprint density at radius 3 is 1.50 bits per heavy atom. The van der Waals surface area contributed by atoms with Crippen molar-refractivity contribution in [2.45, 2.75) is 11.7 Å². The molecule has 3 aromatic rings. The van der Waals surface area contributed by atoms with E-state index in [9.17, 15) is 4.79 Å². The van der Waals surface area contributed by atoms with E-state index in [4.69, 9.17) is 0 Å². The first kappa shape index (κ1) is 18.0. The van der Waals surface area contributed by atoms with Crippen LogP contribution in [0.1, 0.15) is 23.6 Å². The lowest BCUT2D eigenvalue weighted by molar-refractivity contribution is -0.118. The molecule has 1 N–H and O–H groups in total. The molecule has 0 aliphatic rings. The van der Waals surface area contributed by atoms with Gasteiger partial charge in [-0.05, 0) is 22.1 Å². The number of benzene rings is 3. The van der Waals surface area contributed by atoms with Crippen molar-refractivity contribution in [3.63, 3.8) is 0 Å². The maximum Gasteiger partial charge on any atom is 0.220 e. The van der Waals surface area contributed by atoms with Crippen molar-refractivity contribution < 1.29 is 4.79 Å². The van der Waals surface area contributed by atoms with Crippen LogP contribution in [0.5, 0.6) is 0 Å². The molecule has 1 amide bonds. The number of rotatable bonds is 6. The molecule has 0 atom stereocenters. The highest BCUT2D eigenvalue weighted by Gasteiger charge is 2.36. The summed E-state index contributed by atoms with van der Waals surface area (Å²) in [4.78, 5) is 11.2. The van der Waals surface area contributed by atoms with Crippen molar-refractivity contribution >= 4 is 17.7 Å². The second-order valence-corrected chi connectivity index (χ2v) is 7.02. The van der Waals surface area contributed by atoms with Crippen molar-refractivity contribution in [1.29, 1.82) is 0 Å². The van der Waals surface area contributed by atoms with E-state index in [-0.39, 0.29) is 5.91 Å². The van der Waals surface area contributed by atoms with E-state index in [1.807, 2.05) is 23.6 Å². The quantitative estimate of drug-likeness (QED) is 0.604. The molecule has 3 rings (SSSR count). The molecule has 0 unspecified atom stereocenters. The molecule has 0 spiro atoms. The summed E-state index contributed by atoms with van der Waals surface area (Å²) in [6.45, 7) is 1.51. The topological polar surface area (TPSA) is 29.1 Å². The standard InChI is InChI=1S/C23H21NOS/c1-19(25)24-17-18-26-23(20-11-5-2-6-12-20,21-13-7-3-8-14-21)22-15-9-4-10-16-22/h2-18H,1H3,(H,24,25)/b18-17-. The minimum Gasteiger partial charge on any atom is -0.332 e. The molecule has 3 heteroatoms. The molecule has 0 aliphatic heterocycles. The largest absolute Gasteiger partial charge is 0.332 e. The van der Waals surface area contributed by atoms with Crippen molar-refractivity contribution in [2.24, 2.45) is 0 Å². The lowest BCUT2D eigenvalue weighted by Crippen LogP contribution is -2.25. The first-order valence-electron chi connectivity index (χ1n) is 8.50. The lowest BCUT2D eigenvalue weighted by Gasteiger charge is -2.34. The Morgan fingerprint density at radius 2 is 1.15 bits per heavy atom. The third kappa shape index (κ3) is 3.89. The molecule has 0 aromatic heterocycles. The number of amides is 1. The van der Waals surface area contributed by atoms with Crippen molar-refractivity contribution in [2.75, 3.05) is 0 Å². The molecule has 0 saturated heterocycles. The van der Waals surface area contributed by atoms with E-state index < -0.39 is 4.75 Å². The van der Waals surface area contributed by atoms with Crippen molar-refractivity contribution in [1.82, 2.24) is 5.32 Å². The number of carbonyl (C=O) groups excluding carboxylic acids is 1. The highest BCUT2D eigenvalue weighted by atomic mass is 32.2. The Kier molecular flexibility index (Phi) is 5.92. The highest BCUT2D eigenvalue weighted by Crippen LogP contribution is 2.48. The molecule has 2 nitrogen and oxygen atoms in total. The normalized spacial score (nSPS) is 11.4. The maximum absolute atomic E-state index is 11.2. The fourth-order valence-electron chi connectivity index (χ4n) is 3.01. The molecule has 0 aliphatic carbocycles. The van der Waals surface area contributed by atoms with E-state index in [1.165, 1.54) is 23.6 Å². The monoisotopic (exact) mass is 359 g/mol. The van der Waals surface area contributed by atoms with Gasteiger partial charge in [-0.3, -0.25) is 4.79 Å². The van der Waals surface area contributed by atoms with Crippen LogP contribution < -0.4 is 5.32 Å². The van der Waals surface area contributed by atoms with E-state index in [0.717, 1.165) is 0 Å². The second-order valence-electron chi connectivity index (χ2n) is 5.90. The van der Waals surface area contributed by atoms with Crippen LogP contribution in [0, 0.1) is 0 Å². The molecule has 3 aromatic carbocycles. The number of nitrogens with one attached hydrogen (secondary N) is 1. The van der Waals surface area contributed by atoms with Crippen LogP contribution in [-0.4, -0.2) is 5.91 Å². The summed E-state index contributed by atoms with van der Waals surface area (Å²) in [6, 6.07) is 31.4. The van der Waals surface area contributed by atoms with Crippen LogP contribution in [0.25, 0.3) is 0 Å². The molecule has 0 heterocycles. The van der Waals surface area contributed by atoms with Gasteiger partial charge in [-0.1, -0.05) is 91.0 Å². The minimum atomic E-state index is -0.404. The summed E-state index contributed by atoms with van der Waals surface area (Å²) in [6.07, 6.45) is 1.70. The van der Waals surface area contributed by atoms with E-state index in [1.54, 1.807) is 18.0 Å². The van der Waals surface area contributed by atoms with Gasteiger partial charge in [0.1, 0.15) is 0 Å². The number of thioether (sulfide) groups is 1. The third-order valence-corrected chi connectivity index (χ3v) is 5.47. The zero-order valence-electron chi connectivity index (χ0n) is 14.6. The SMILES string of the molecule is CC(=O)N/C=C\SC(c1ccccc1)(c1ccccc1)c1ccccc1. The smallest absolute Gasteiger partial charge is 0.220 e. The summed E-state index contributed by atoms with van der Waals surface area (Å²) in [7, 11) is 0. The van der Waals surface area contributed by atoms with Crippen LogP contribution in [0.15, 0.2) is 103 Å². The molecule has 0 saturated carbocycles. The zero-order chi connectivity index (χ0) is 18.2. The van der Waals surface area contributed by atoms with Gasteiger partial charge in [0.25, 0.3) is 0 Å². The highest BCUT2D eigenvalue weighted by molar-refractivity contribution is 8.03. The van der Waals surface area contributed by atoms with Gasteiger partial charge in [0.15, 0.2) is 0 Å². The third-order valence-electron chi connectivity index (χ3n) is 4.14. The number of carbonyl (C=O) groups is 1. The predicted molar refractivity (Wildman–Crippen MR) is 110 cm³/mol. The Balaban J connectivity index is 2.18. The average molecular weight is 359 g/mol. The first-order valence-corrected chi connectivity index (χ1v) is 9.38. The van der Waals surface area contributed by atoms with E-state index >= 15 is 0 Å². The predicted octanol–water partition coefficient (Wildman–Crippen LogP) is 5.32. The van der Waals surface area contributed by atoms with Crippen LogP contribution in [0.2, 0.25) is 0 Å². The molecule has 26 heavy (non-hydrogen) atoms. The Labute approximate surface area is 159 Å². The molecule has 0 fully saturated rings. The summed E-state index contributed by atoms with van der Waals surface area (Å²) in [5.74, 6) is -0.0772. The average Bonchev–Trinajstić information content (AvgIpc) is 2.70. The summed E-state index contributed by atoms with van der Waals surface area (Å²) < 4.78 is -0.404. The summed E-state index contributed by atoms with van der Waals surface area (Å²) >= 11 is 1.67. The Morgan fingerprint density at radius 1 is 0.769 bits per heavy atom. The van der Waals surface area contributed by atoms with Gasteiger partial charge in [0.2, 0.25) is 5.91 Å². The minimum absolute atomic E-state index is 0.0772. The van der Waals surface area contributed by atoms with Gasteiger partial charge in [0.05, 0.1) is 4.75 Å². The summed E-state index contributed by atoms with van der Waals surface area (Å²) in [5.41, 5.74) is 3.57. The molecule has 0 radical (unpaired) electrons. The van der Waals surface area contributed by atoms with E-state index in [2.05, 4.69) is 78.1 Å². The second kappa shape index (κ2) is 8.54. The van der Waals surface area contributed by atoms with E-state index in [0.29, 0.717) is 0 Å². The van der Waals surface area contributed by atoms with Gasteiger partial charge in [0, 0.05) is 13.1 Å². The molecule has 0 bridgehead atoms. The molecule has 130 valence electrons. The zero-order valence-corrected chi connectivity index (χ0v) is 15.4. The van der Waals surface area contributed by atoms with Crippen LogP contribution >= 0.6 is 11.8 Å². The van der Waals surface area contributed by atoms with Crippen LogP contribution in [-0.2, 0) is 9.54 Å². The van der Waals surface area contributed by atoms with Crippen LogP contribution in [0.3, 0.4) is 0 Å². The lowest BCUT2D eigenvalue weighted by atomic mass is 9.84. The van der Waals surface area contributed by atoms with Gasteiger partial charge in [-0.25, -0.2) is 0 Å². The summed E-state index contributed by atoms with van der Waals surface area (Å²) in [5, 5.41) is 4.68. The first-order chi connectivity index (χ1) is 12.7.